The highest BCUT2D eigenvalue weighted by Gasteiger charge is 2.12. The molecular formula is C17H20N2O2. The van der Waals surface area contributed by atoms with Crippen LogP contribution in [0.25, 0.3) is 10.8 Å². The van der Waals surface area contributed by atoms with Crippen LogP contribution in [0.4, 0.5) is 5.82 Å². The maximum atomic E-state index is 5.57. The zero-order chi connectivity index (χ0) is 15.2. The predicted octanol–water partition coefficient (Wildman–Crippen LogP) is 3.47. The maximum Gasteiger partial charge on any atom is 0.161 e. The molecule has 0 aliphatic heterocycles. The highest BCUT2D eigenvalue weighted by molar-refractivity contribution is 5.94. The molecule has 0 saturated heterocycles. The Morgan fingerprint density at radius 1 is 1.29 bits per heavy atom. The Hall–Kier alpha value is -2.41. The van der Waals surface area contributed by atoms with Crippen molar-refractivity contribution in [3.63, 3.8) is 0 Å². The molecular weight excluding hydrogens is 264 g/mol. The molecule has 2 rings (SSSR count). The maximum absolute atomic E-state index is 5.57. The fourth-order valence-electron chi connectivity index (χ4n) is 2.27. The van der Waals surface area contributed by atoms with Gasteiger partial charge in [-0.25, -0.2) is 4.98 Å². The lowest BCUT2D eigenvalue weighted by molar-refractivity contribution is 0.356. The van der Waals surface area contributed by atoms with Gasteiger partial charge in [0.25, 0.3) is 0 Å². The number of hydrogen-bond acceptors (Lipinski definition) is 4. The summed E-state index contributed by atoms with van der Waals surface area (Å²) in [5.74, 6) is 4.90. The molecule has 0 radical (unpaired) electrons. The van der Waals surface area contributed by atoms with Gasteiger partial charge in [-0.05, 0) is 30.0 Å². The molecule has 0 aliphatic rings. The van der Waals surface area contributed by atoms with Gasteiger partial charge in [0.2, 0.25) is 0 Å². The Bertz CT molecular complexity index is 662. The number of terminal acetylenes is 1. The molecule has 1 unspecified atom stereocenters. The molecule has 1 aromatic heterocycles. The molecule has 1 atom stereocenters. The summed E-state index contributed by atoms with van der Waals surface area (Å²) in [4.78, 5) is 4.40. The third-order valence-electron chi connectivity index (χ3n) is 3.36. The Morgan fingerprint density at radius 3 is 2.62 bits per heavy atom. The SMILES string of the molecule is C#CC(CCC)Nc1nccc2cc(OC)c(OC)cc12. The van der Waals surface area contributed by atoms with Crippen molar-refractivity contribution in [3.05, 3.63) is 24.4 Å². The first-order chi connectivity index (χ1) is 10.2. The first-order valence-corrected chi connectivity index (χ1v) is 6.96. The topological polar surface area (TPSA) is 43.4 Å². The van der Waals surface area contributed by atoms with E-state index in [1.807, 2.05) is 18.2 Å². The number of anilines is 1. The number of pyridine rings is 1. The van der Waals surface area contributed by atoms with E-state index in [4.69, 9.17) is 15.9 Å². The molecule has 1 aromatic carbocycles. The van der Waals surface area contributed by atoms with Crippen LogP contribution in [0.5, 0.6) is 11.5 Å². The Morgan fingerprint density at radius 2 is 2.00 bits per heavy atom. The van der Waals surface area contributed by atoms with E-state index in [-0.39, 0.29) is 6.04 Å². The Labute approximate surface area is 125 Å². The zero-order valence-corrected chi connectivity index (χ0v) is 12.6. The quantitative estimate of drug-likeness (QED) is 0.825. The van der Waals surface area contributed by atoms with Gasteiger partial charge in [-0.2, -0.15) is 0 Å². The molecule has 2 aromatic rings. The molecule has 4 heteroatoms. The second kappa shape index (κ2) is 6.85. The molecule has 21 heavy (non-hydrogen) atoms. The zero-order valence-electron chi connectivity index (χ0n) is 12.6. The number of rotatable bonds is 6. The van der Waals surface area contributed by atoms with Crippen LogP contribution in [-0.4, -0.2) is 25.2 Å². The summed E-state index contributed by atoms with van der Waals surface area (Å²) >= 11 is 0. The van der Waals surface area contributed by atoms with E-state index in [0.717, 1.165) is 29.4 Å². The molecule has 1 heterocycles. The molecule has 0 aliphatic carbocycles. The van der Waals surface area contributed by atoms with Crippen LogP contribution >= 0.6 is 0 Å². The number of methoxy groups -OCH3 is 2. The van der Waals surface area contributed by atoms with Gasteiger partial charge in [0.1, 0.15) is 5.82 Å². The number of hydrogen-bond donors (Lipinski definition) is 1. The number of ether oxygens (including phenoxy) is 2. The fraction of sp³-hybridized carbons (Fsp3) is 0.353. The largest absolute Gasteiger partial charge is 0.493 e. The summed E-state index contributed by atoms with van der Waals surface area (Å²) in [5, 5.41) is 5.31. The summed E-state index contributed by atoms with van der Waals surface area (Å²) in [6.07, 6.45) is 9.25. The summed E-state index contributed by atoms with van der Waals surface area (Å²) in [5.41, 5.74) is 0. The number of benzene rings is 1. The van der Waals surface area contributed by atoms with Gasteiger partial charge in [0.05, 0.1) is 20.3 Å². The van der Waals surface area contributed by atoms with E-state index < -0.39 is 0 Å². The van der Waals surface area contributed by atoms with Crippen LogP contribution < -0.4 is 14.8 Å². The van der Waals surface area contributed by atoms with E-state index in [1.165, 1.54) is 0 Å². The van der Waals surface area contributed by atoms with Gasteiger partial charge < -0.3 is 14.8 Å². The minimum Gasteiger partial charge on any atom is -0.493 e. The van der Waals surface area contributed by atoms with E-state index in [9.17, 15) is 0 Å². The van der Waals surface area contributed by atoms with Crippen LogP contribution in [0, 0.1) is 12.3 Å². The van der Waals surface area contributed by atoms with E-state index in [2.05, 4.69) is 23.1 Å². The van der Waals surface area contributed by atoms with Crippen LogP contribution in [0.1, 0.15) is 19.8 Å². The minimum atomic E-state index is -0.0267. The minimum absolute atomic E-state index is 0.0267. The van der Waals surface area contributed by atoms with Crippen LogP contribution in [0.15, 0.2) is 24.4 Å². The van der Waals surface area contributed by atoms with Crippen LogP contribution in [-0.2, 0) is 0 Å². The molecule has 1 N–H and O–H groups in total. The van der Waals surface area contributed by atoms with Crippen molar-refractivity contribution < 1.29 is 9.47 Å². The van der Waals surface area contributed by atoms with Crippen molar-refractivity contribution in [2.45, 2.75) is 25.8 Å². The van der Waals surface area contributed by atoms with Crippen molar-refractivity contribution in [1.29, 1.82) is 0 Å². The molecule has 0 fully saturated rings. The van der Waals surface area contributed by atoms with Crippen molar-refractivity contribution in [2.24, 2.45) is 0 Å². The Balaban J connectivity index is 2.47. The van der Waals surface area contributed by atoms with Crippen molar-refractivity contribution in [2.75, 3.05) is 19.5 Å². The summed E-state index contributed by atoms with van der Waals surface area (Å²) < 4.78 is 10.7. The van der Waals surface area contributed by atoms with Crippen LogP contribution in [0.2, 0.25) is 0 Å². The predicted molar refractivity (Wildman–Crippen MR) is 86.0 cm³/mol. The second-order valence-electron chi connectivity index (χ2n) is 4.74. The van der Waals surface area contributed by atoms with Crippen molar-refractivity contribution >= 4 is 16.6 Å². The number of nitrogens with zero attached hydrogens (tertiary/aromatic N) is 1. The fourth-order valence-corrected chi connectivity index (χ4v) is 2.27. The number of fused-ring (bicyclic) bond motifs is 1. The second-order valence-corrected chi connectivity index (χ2v) is 4.74. The van der Waals surface area contributed by atoms with E-state index in [0.29, 0.717) is 11.5 Å². The molecule has 4 nitrogen and oxygen atoms in total. The van der Waals surface area contributed by atoms with Crippen molar-refractivity contribution in [1.82, 2.24) is 4.98 Å². The molecule has 110 valence electrons. The molecule has 0 bridgehead atoms. The third kappa shape index (κ3) is 3.19. The summed E-state index contributed by atoms with van der Waals surface area (Å²) in [7, 11) is 3.24. The van der Waals surface area contributed by atoms with E-state index >= 15 is 0 Å². The van der Waals surface area contributed by atoms with Crippen LogP contribution in [0.3, 0.4) is 0 Å². The highest BCUT2D eigenvalue weighted by Crippen LogP contribution is 2.34. The highest BCUT2D eigenvalue weighted by atomic mass is 16.5. The average Bonchev–Trinajstić information content (AvgIpc) is 2.53. The lowest BCUT2D eigenvalue weighted by Gasteiger charge is -2.16. The molecule has 0 spiro atoms. The smallest absolute Gasteiger partial charge is 0.161 e. The lowest BCUT2D eigenvalue weighted by Crippen LogP contribution is -2.17. The number of nitrogens with one attached hydrogen (secondary N) is 1. The Kier molecular flexibility index (Phi) is 4.89. The number of aromatic nitrogens is 1. The van der Waals surface area contributed by atoms with E-state index in [1.54, 1.807) is 20.4 Å². The van der Waals surface area contributed by atoms with Gasteiger partial charge in [-0.15, -0.1) is 6.42 Å². The molecule has 0 amide bonds. The first-order valence-electron chi connectivity index (χ1n) is 6.96. The molecule has 0 saturated carbocycles. The van der Waals surface area contributed by atoms with Crippen molar-refractivity contribution in [3.8, 4) is 23.8 Å². The monoisotopic (exact) mass is 284 g/mol. The van der Waals surface area contributed by atoms with Gasteiger partial charge in [0, 0.05) is 11.6 Å². The van der Waals surface area contributed by atoms with Gasteiger partial charge in [-0.1, -0.05) is 19.3 Å². The van der Waals surface area contributed by atoms with Gasteiger partial charge in [0.15, 0.2) is 11.5 Å². The van der Waals surface area contributed by atoms with Gasteiger partial charge in [-0.3, -0.25) is 0 Å². The average molecular weight is 284 g/mol. The summed E-state index contributed by atoms with van der Waals surface area (Å²) in [6.45, 7) is 2.11. The third-order valence-corrected chi connectivity index (χ3v) is 3.36. The lowest BCUT2D eigenvalue weighted by atomic mass is 10.1. The normalized spacial score (nSPS) is 11.7. The summed E-state index contributed by atoms with van der Waals surface area (Å²) in [6, 6.07) is 5.77. The standard InChI is InChI=1S/C17H20N2O2/c1-5-7-13(6-2)19-17-14-11-16(21-4)15(20-3)10-12(14)8-9-18-17/h2,8-11,13H,5,7H2,1,3-4H3,(H,18,19). The first kappa shape index (κ1) is 15.0. The van der Waals surface area contributed by atoms with Gasteiger partial charge >= 0.3 is 0 Å².